The monoisotopic (exact) mass is 422 g/mol. The lowest BCUT2D eigenvalue weighted by Gasteiger charge is -2.28. The van der Waals surface area contributed by atoms with Gasteiger partial charge in [-0.15, -0.1) is 0 Å². The maximum atomic E-state index is 12.7. The molecule has 1 saturated heterocycles. The summed E-state index contributed by atoms with van der Waals surface area (Å²) in [6.45, 7) is 3.67. The predicted octanol–water partition coefficient (Wildman–Crippen LogP) is 1.40. The van der Waals surface area contributed by atoms with Crippen molar-refractivity contribution >= 4 is 46.0 Å². The largest absolute Gasteiger partial charge is 0.466 e. The van der Waals surface area contributed by atoms with Crippen LogP contribution >= 0.6 is 11.6 Å². The van der Waals surface area contributed by atoms with Crippen molar-refractivity contribution in [3.05, 3.63) is 28.9 Å². The van der Waals surface area contributed by atoms with Crippen molar-refractivity contribution in [2.24, 2.45) is 5.92 Å². The Morgan fingerprint density at radius 2 is 2.14 bits per heavy atom. The molecule has 1 amide bonds. The van der Waals surface area contributed by atoms with Gasteiger partial charge in [0.15, 0.2) is 6.54 Å². The summed E-state index contributed by atoms with van der Waals surface area (Å²) in [5, 5.41) is 3.94. The highest BCUT2D eigenvalue weighted by Crippen LogP contribution is 2.30. The SMILES string of the molecule is CCOC(=O)[C@H]1CCC[NH+](CC(=O)Nc2c(C(=O)OC)[nH]c3ccc(Cl)cc23)C1. The van der Waals surface area contributed by atoms with E-state index >= 15 is 0 Å². The number of aromatic nitrogens is 1. The van der Waals surface area contributed by atoms with Crippen LogP contribution in [0.15, 0.2) is 18.2 Å². The number of benzene rings is 1. The zero-order chi connectivity index (χ0) is 21.0. The van der Waals surface area contributed by atoms with Crippen LogP contribution in [0, 0.1) is 5.92 Å². The number of fused-ring (bicyclic) bond motifs is 1. The standard InChI is InChI=1S/C20H24ClN3O5/c1-3-29-19(26)12-5-4-8-24(10-12)11-16(25)23-17-14-9-13(21)6-7-15(14)22-18(17)20(27)28-2/h6-7,9,12,22H,3-5,8,10-11H2,1-2H3,(H,23,25)/p+1/t12-/m0/s1. The summed E-state index contributed by atoms with van der Waals surface area (Å²) in [6.07, 6.45) is 1.62. The Balaban J connectivity index is 1.75. The van der Waals surface area contributed by atoms with Crippen molar-refractivity contribution in [1.29, 1.82) is 0 Å². The Labute approximate surface area is 173 Å². The lowest BCUT2D eigenvalue weighted by Crippen LogP contribution is -3.14. The van der Waals surface area contributed by atoms with Crippen LogP contribution in [0.2, 0.25) is 5.02 Å². The van der Waals surface area contributed by atoms with Gasteiger partial charge in [-0.2, -0.15) is 0 Å². The second-order valence-corrected chi connectivity index (χ2v) is 7.51. The fourth-order valence-corrected chi connectivity index (χ4v) is 3.90. The molecule has 0 spiro atoms. The summed E-state index contributed by atoms with van der Waals surface area (Å²) >= 11 is 6.09. The summed E-state index contributed by atoms with van der Waals surface area (Å²) in [7, 11) is 1.28. The van der Waals surface area contributed by atoms with E-state index in [9.17, 15) is 14.4 Å². The molecule has 0 saturated carbocycles. The third-order valence-electron chi connectivity index (χ3n) is 5.06. The molecule has 1 aliphatic rings. The first-order valence-electron chi connectivity index (χ1n) is 9.62. The molecule has 2 atom stereocenters. The number of piperidine rings is 1. The molecule has 1 unspecified atom stereocenters. The number of aromatic amines is 1. The summed E-state index contributed by atoms with van der Waals surface area (Å²) < 4.78 is 9.93. The molecule has 156 valence electrons. The molecule has 0 bridgehead atoms. The Kier molecular flexibility index (Phi) is 6.76. The second-order valence-electron chi connectivity index (χ2n) is 7.08. The van der Waals surface area contributed by atoms with Crippen molar-refractivity contribution in [2.45, 2.75) is 19.8 Å². The van der Waals surface area contributed by atoms with E-state index in [1.165, 1.54) is 7.11 Å². The van der Waals surface area contributed by atoms with Crippen LogP contribution in [0.25, 0.3) is 10.9 Å². The highest BCUT2D eigenvalue weighted by atomic mass is 35.5. The van der Waals surface area contributed by atoms with Crippen molar-refractivity contribution in [3.8, 4) is 0 Å². The normalized spacial score (nSPS) is 19.0. The van der Waals surface area contributed by atoms with Gasteiger partial charge in [0.25, 0.3) is 5.91 Å². The Morgan fingerprint density at radius 1 is 1.34 bits per heavy atom. The molecule has 1 fully saturated rings. The highest BCUT2D eigenvalue weighted by molar-refractivity contribution is 6.31. The molecule has 0 radical (unpaired) electrons. The third-order valence-corrected chi connectivity index (χ3v) is 5.30. The third kappa shape index (κ3) is 4.89. The maximum absolute atomic E-state index is 12.7. The molecule has 1 aromatic heterocycles. The number of hydrogen-bond donors (Lipinski definition) is 3. The average molecular weight is 423 g/mol. The van der Waals surface area contributed by atoms with Crippen LogP contribution in [-0.2, 0) is 19.1 Å². The quantitative estimate of drug-likeness (QED) is 0.611. The first-order chi connectivity index (χ1) is 13.9. The smallest absolute Gasteiger partial charge is 0.356 e. The lowest BCUT2D eigenvalue weighted by atomic mass is 9.98. The van der Waals surface area contributed by atoms with Crippen molar-refractivity contribution < 1.29 is 28.8 Å². The Morgan fingerprint density at radius 3 is 2.86 bits per heavy atom. The minimum Gasteiger partial charge on any atom is -0.466 e. The number of methoxy groups -OCH3 is 1. The van der Waals surface area contributed by atoms with Crippen LogP contribution in [0.4, 0.5) is 5.69 Å². The topological polar surface area (TPSA) is 102 Å². The Bertz CT molecular complexity index is 926. The van der Waals surface area contributed by atoms with Gasteiger partial charge in [0.05, 0.1) is 32.5 Å². The van der Waals surface area contributed by atoms with Gasteiger partial charge >= 0.3 is 11.9 Å². The number of hydrogen-bond acceptors (Lipinski definition) is 5. The van der Waals surface area contributed by atoms with Gasteiger partial charge in [0.2, 0.25) is 0 Å². The van der Waals surface area contributed by atoms with Gasteiger partial charge in [-0.3, -0.25) is 9.59 Å². The molecular weight excluding hydrogens is 398 g/mol. The molecule has 2 aromatic rings. The van der Waals surface area contributed by atoms with Crippen LogP contribution in [0.3, 0.4) is 0 Å². The predicted molar refractivity (Wildman–Crippen MR) is 108 cm³/mol. The van der Waals surface area contributed by atoms with Crippen molar-refractivity contribution in [2.75, 3.05) is 38.7 Å². The number of nitrogens with one attached hydrogen (secondary N) is 3. The fraction of sp³-hybridized carbons (Fsp3) is 0.450. The number of H-pyrrole nitrogens is 1. The molecule has 2 heterocycles. The van der Waals surface area contributed by atoms with Gasteiger partial charge in [-0.25, -0.2) is 4.79 Å². The molecule has 0 aliphatic carbocycles. The number of carbonyl (C=O) groups is 3. The van der Waals surface area contributed by atoms with Crippen LogP contribution in [0.5, 0.6) is 0 Å². The number of halogens is 1. The van der Waals surface area contributed by atoms with E-state index in [0.717, 1.165) is 24.3 Å². The van der Waals surface area contributed by atoms with E-state index in [2.05, 4.69) is 10.3 Å². The molecule has 8 nitrogen and oxygen atoms in total. The van der Waals surface area contributed by atoms with E-state index in [0.29, 0.717) is 34.8 Å². The van der Waals surface area contributed by atoms with E-state index in [-0.39, 0.29) is 30.0 Å². The van der Waals surface area contributed by atoms with Crippen molar-refractivity contribution in [1.82, 2.24) is 4.98 Å². The number of amides is 1. The lowest BCUT2D eigenvalue weighted by molar-refractivity contribution is -0.899. The molecule has 1 aliphatic heterocycles. The van der Waals surface area contributed by atoms with Crippen molar-refractivity contribution in [3.63, 3.8) is 0 Å². The van der Waals surface area contributed by atoms with Crippen LogP contribution in [-0.4, -0.2) is 56.2 Å². The minimum atomic E-state index is -0.583. The first-order valence-corrected chi connectivity index (χ1v) is 10.00. The summed E-state index contributed by atoms with van der Waals surface area (Å²) in [6, 6.07) is 5.11. The summed E-state index contributed by atoms with van der Waals surface area (Å²) in [5.41, 5.74) is 1.17. The zero-order valence-electron chi connectivity index (χ0n) is 16.5. The van der Waals surface area contributed by atoms with E-state index in [1.807, 2.05) is 0 Å². The fourth-order valence-electron chi connectivity index (χ4n) is 3.73. The van der Waals surface area contributed by atoms with E-state index in [4.69, 9.17) is 21.1 Å². The summed E-state index contributed by atoms with van der Waals surface area (Å²) in [4.78, 5) is 40.9. The zero-order valence-corrected chi connectivity index (χ0v) is 17.2. The highest BCUT2D eigenvalue weighted by Gasteiger charge is 2.31. The van der Waals surface area contributed by atoms with Gasteiger partial charge in [-0.1, -0.05) is 11.6 Å². The number of ether oxygens (including phenoxy) is 2. The minimum absolute atomic E-state index is 0.163. The molecule has 1 aromatic carbocycles. The van der Waals surface area contributed by atoms with Gasteiger partial charge in [0.1, 0.15) is 11.6 Å². The number of anilines is 1. The molecule has 3 N–H and O–H groups in total. The Hall–Kier alpha value is -2.58. The average Bonchev–Trinajstić information content (AvgIpc) is 3.05. The molecule has 9 heteroatoms. The van der Waals surface area contributed by atoms with Gasteiger partial charge < -0.3 is 24.7 Å². The number of likely N-dealkylation sites (tertiary alicyclic amines) is 1. The van der Waals surface area contributed by atoms with Gasteiger partial charge in [0, 0.05) is 15.9 Å². The van der Waals surface area contributed by atoms with E-state index in [1.54, 1.807) is 25.1 Å². The van der Waals surface area contributed by atoms with E-state index < -0.39 is 5.97 Å². The first kappa shape index (κ1) is 21.1. The van der Waals surface area contributed by atoms with Gasteiger partial charge in [-0.05, 0) is 38.0 Å². The number of quaternary nitrogens is 1. The molecular formula is C20H25ClN3O5+. The number of esters is 2. The van der Waals surface area contributed by atoms with Crippen LogP contribution in [0.1, 0.15) is 30.3 Å². The molecule has 29 heavy (non-hydrogen) atoms. The number of rotatable bonds is 6. The summed E-state index contributed by atoms with van der Waals surface area (Å²) in [5.74, 6) is -1.23. The molecule has 3 rings (SSSR count). The van der Waals surface area contributed by atoms with Crippen LogP contribution < -0.4 is 10.2 Å². The second kappa shape index (κ2) is 9.28. The maximum Gasteiger partial charge on any atom is 0.356 e. The number of carbonyl (C=O) groups excluding carboxylic acids is 3.